The molecule has 0 bridgehead atoms. The van der Waals surface area contributed by atoms with Gasteiger partial charge in [-0.25, -0.2) is 9.97 Å². The molecule has 2 rings (SSSR count). The van der Waals surface area contributed by atoms with Gasteiger partial charge in [-0.05, 0) is 28.7 Å². The Bertz CT molecular complexity index is 817. The Balaban J connectivity index is 2.26. The van der Waals surface area contributed by atoms with E-state index in [1.54, 1.807) is 12.3 Å². The van der Waals surface area contributed by atoms with Crippen molar-refractivity contribution in [2.75, 3.05) is 11.4 Å². The van der Waals surface area contributed by atoms with E-state index in [0.29, 0.717) is 6.54 Å². The van der Waals surface area contributed by atoms with Gasteiger partial charge >= 0.3 is 0 Å². The van der Waals surface area contributed by atoms with Crippen LogP contribution in [0.2, 0.25) is 0 Å². The Morgan fingerprint density at radius 1 is 1.12 bits per heavy atom. The summed E-state index contributed by atoms with van der Waals surface area (Å²) in [4.78, 5) is 10.4. The number of nitriles is 2. The minimum Gasteiger partial charge on any atom is -0.352 e. The first-order valence-corrected chi connectivity index (χ1v) is 8.04. The molecular weight excluding hydrogens is 310 g/mol. The highest BCUT2D eigenvalue weighted by molar-refractivity contribution is 5.52. The molecule has 0 atom stereocenters. The van der Waals surface area contributed by atoms with Crippen LogP contribution in [-0.2, 0) is 6.54 Å². The topological polar surface area (TPSA) is 76.6 Å². The maximum Gasteiger partial charge on any atom is 0.234 e. The standard InChI is InChI=1S/C20H21N5/c1-20(2,3)15-25(19-10-12-23-18(13-22)24-19)14-17-8-6-16(7-9-17)5-4-11-21/h4-10,12H,14-15H2,1-3H3/b5-4+. The average molecular weight is 331 g/mol. The summed E-state index contributed by atoms with van der Waals surface area (Å²) < 4.78 is 0. The monoisotopic (exact) mass is 331 g/mol. The van der Waals surface area contributed by atoms with E-state index in [9.17, 15) is 0 Å². The number of nitrogens with zero attached hydrogens (tertiary/aromatic N) is 5. The molecule has 0 N–H and O–H groups in total. The molecule has 0 radical (unpaired) electrons. The molecule has 1 aromatic heterocycles. The molecule has 0 fully saturated rings. The van der Waals surface area contributed by atoms with Gasteiger partial charge in [-0.15, -0.1) is 0 Å². The third-order valence-electron chi connectivity index (χ3n) is 3.43. The van der Waals surface area contributed by atoms with E-state index in [4.69, 9.17) is 10.5 Å². The van der Waals surface area contributed by atoms with E-state index in [2.05, 4.69) is 35.6 Å². The van der Waals surface area contributed by atoms with Crippen molar-refractivity contribution >= 4 is 11.9 Å². The van der Waals surface area contributed by atoms with E-state index >= 15 is 0 Å². The third-order valence-corrected chi connectivity index (χ3v) is 3.43. The lowest BCUT2D eigenvalue weighted by Crippen LogP contribution is -2.33. The van der Waals surface area contributed by atoms with Gasteiger partial charge < -0.3 is 4.90 Å². The van der Waals surface area contributed by atoms with Gasteiger partial charge in [-0.3, -0.25) is 0 Å². The molecule has 0 saturated heterocycles. The number of aromatic nitrogens is 2. The van der Waals surface area contributed by atoms with Crippen molar-refractivity contribution < 1.29 is 0 Å². The number of hydrogen-bond acceptors (Lipinski definition) is 5. The predicted octanol–water partition coefficient (Wildman–Crippen LogP) is 3.94. The fraction of sp³-hybridized carbons (Fsp3) is 0.300. The van der Waals surface area contributed by atoms with Crippen LogP contribution in [0.3, 0.4) is 0 Å². The smallest absolute Gasteiger partial charge is 0.234 e. The highest BCUT2D eigenvalue weighted by Crippen LogP contribution is 2.22. The summed E-state index contributed by atoms with van der Waals surface area (Å²) in [6, 6.07) is 13.9. The Morgan fingerprint density at radius 2 is 1.84 bits per heavy atom. The first kappa shape index (κ1) is 18.2. The molecular formula is C20H21N5. The van der Waals surface area contributed by atoms with Gasteiger partial charge in [0.1, 0.15) is 11.9 Å². The number of benzene rings is 1. The lowest BCUT2D eigenvalue weighted by Gasteiger charge is -2.31. The average Bonchev–Trinajstić information content (AvgIpc) is 2.59. The van der Waals surface area contributed by atoms with Crippen LogP contribution in [0.5, 0.6) is 0 Å². The van der Waals surface area contributed by atoms with Crippen LogP contribution in [-0.4, -0.2) is 16.5 Å². The fourth-order valence-electron chi connectivity index (χ4n) is 2.46. The first-order valence-electron chi connectivity index (χ1n) is 8.04. The van der Waals surface area contributed by atoms with Gasteiger partial charge in [-0.2, -0.15) is 10.5 Å². The van der Waals surface area contributed by atoms with Gasteiger partial charge in [0.25, 0.3) is 0 Å². The van der Waals surface area contributed by atoms with Crippen LogP contribution in [0.4, 0.5) is 5.82 Å². The molecule has 0 saturated carbocycles. The van der Waals surface area contributed by atoms with Crippen LogP contribution in [0, 0.1) is 28.1 Å². The predicted molar refractivity (Wildman–Crippen MR) is 98.3 cm³/mol. The lowest BCUT2D eigenvalue weighted by atomic mass is 9.95. The molecule has 0 aliphatic carbocycles. The molecule has 0 aliphatic rings. The van der Waals surface area contributed by atoms with Gasteiger partial charge in [-0.1, -0.05) is 45.0 Å². The maximum absolute atomic E-state index is 9.04. The molecule has 5 nitrogen and oxygen atoms in total. The summed E-state index contributed by atoms with van der Waals surface area (Å²) in [6.07, 6.45) is 4.86. The van der Waals surface area contributed by atoms with E-state index in [1.807, 2.05) is 42.5 Å². The normalized spacial score (nSPS) is 11.1. The largest absolute Gasteiger partial charge is 0.352 e. The minimum atomic E-state index is 0.0766. The minimum absolute atomic E-state index is 0.0766. The summed E-state index contributed by atoms with van der Waals surface area (Å²) in [5.74, 6) is 0.920. The van der Waals surface area contributed by atoms with Crippen molar-refractivity contribution in [2.45, 2.75) is 27.3 Å². The SMILES string of the molecule is CC(C)(C)CN(Cc1ccc(/C=C/C#N)cc1)c1ccnc(C#N)n1. The highest BCUT2D eigenvalue weighted by atomic mass is 15.2. The second-order valence-corrected chi connectivity index (χ2v) is 6.97. The van der Waals surface area contributed by atoms with E-state index < -0.39 is 0 Å². The molecule has 2 aromatic rings. The van der Waals surface area contributed by atoms with E-state index in [1.165, 1.54) is 6.08 Å². The quantitative estimate of drug-likeness (QED) is 0.776. The molecule has 0 aliphatic heterocycles. The van der Waals surface area contributed by atoms with Crippen LogP contribution in [0.1, 0.15) is 37.7 Å². The lowest BCUT2D eigenvalue weighted by molar-refractivity contribution is 0.407. The fourth-order valence-corrected chi connectivity index (χ4v) is 2.46. The maximum atomic E-state index is 9.04. The highest BCUT2D eigenvalue weighted by Gasteiger charge is 2.18. The molecule has 1 aromatic carbocycles. The van der Waals surface area contributed by atoms with Crippen molar-refractivity contribution in [1.82, 2.24) is 9.97 Å². The van der Waals surface area contributed by atoms with Crippen molar-refractivity contribution in [3.63, 3.8) is 0 Å². The van der Waals surface area contributed by atoms with Crippen LogP contribution in [0.25, 0.3) is 6.08 Å². The molecule has 0 spiro atoms. The molecule has 25 heavy (non-hydrogen) atoms. The second kappa shape index (κ2) is 8.08. The molecule has 0 unspecified atom stereocenters. The number of allylic oxidation sites excluding steroid dienone is 1. The van der Waals surface area contributed by atoms with Crippen molar-refractivity contribution in [3.05, 3.63) is 59.6 Å². The van der Waals surface area contributed by atoms with Crippen LogP contribution in [0.15, 0.2) is 42.6 Å². The molecule has 126 valence electrons. The van der Waals surface area contributed by atoms with Gasteiger partial charge in [0.05, 0.1) is 6.07 Å². The molecule has 5 heteroatoms. The second-order valence-electron chi connectivity index (χ2n) is 6.97. The van der Waals surface area contributed by atoms with Crippen molar-refractivity contribution in [1.29, 1.82) is 10.5 Å². The zero-order valence-corrected chi connectivity index (χ0v) is 14.8. The first-order chi connectivity index (χ1) is 11.9. The summed E-state index contributed by atoms with van der Waals surface area (Å²) in [7, 11) is 0. The van der Waals surface area contributed by atoms with Gasteiger partial charge in [0.2, 0.25) is 5.82 Å². The summed E-state index contributed by atoms with van der Waals surface area (Å²) >= 11 is 0. The third kappa shape index (κ3) is 5.75. The Labute approximate surface area is 148 Å². The van der Waals surface area contributed by atoms with Crippen molar-refractivity contribution in [3.8, 4) is 12.1 Å². The Hall–Kier alpha value is -3.18. The number of anilines is 1. The molecule has 0 amide bonds. The Morgan fingerprint density at radius 3 is 2.44 bits per heavy atom. The van der Waals surface area contributed by atoms with E-state index in [0.717, 1.165) is 23.5 Å². The summed E-state index contributed by atoms with van der Waals surface area (Å²) in [6.45, 7) is 7.99. The van der Waals surface area contributed by atoms with Crippen LogP contribution >= 0.6 is 0 Å². The zero-order chi connectivity index (χ0) is 18.3. The number of hydrogen-bond donors (Lipinski definition) is 0. The zero-order valence-electron chi connectivity index (χ0n) is 14.8. The van der Waals surface area contributed by atoms with Gasteiger partial charge in [0.15, 0.2) is 0 Å². The van der Waals surface area contributed by atoms with Crippen LogP contribution < -0.4 is 4.90 Å². The van der Waals surface area contributed by atoms with Gasteiger partial charge in [0, 0.05) is 25.4 Å². The Kier molecular flexibility index (Phi) is 5.87. The summed E-state index contributed by atoms with van der Waals surface area (Å²) in [5.41, 5.74) is 2.20. The van der Waals surface area contributed by atoms with E-state index in [-0.39, 0.29) is 11.2 Å². The summed E-state index contributed by atoms with van der Waals surface area (Å²) in [5, 5.41) is 17.6. The number of rotatable bonds is 5. The van der Waals surface area contributed by atoms with Crippen molar-refractivity contribution in [2.24, 2.45) is 5.41 Å². The molecule has 1 heterocycles.